The van der Waals surface area contributed by atoms with Gasteiger partial charge in [-0.3, -0.25) is 4.79 Å². The van der Waals surface area contributed by atoms with Crippen molar-refractivity contribution in [1.82, 2.24) is 14.6 Å². The predicted molar refractivity (Wildman–Crippen MR) is 98.8 cm³/mol. The van der Waals surface area contributed by atoms with E-state index in [0.717, 1.165) is 10.4 Å². The zero-order valence-corrected chi connectivity index (χ0v) is 15.1. The van der Waals surface area contributed by atoms with Gasteiger partial charge in [-0.05, 0) is 29.7 Å². The number of methoxy groups -OCH3 is 2. The van der Waals surface area contributed by atoms with Gasteiger partial charge in [0.25, 0.3) is 5.56 Å². The van der Waals surface area contributed by atoms with Crippen molar-refractivity contribution in [3.63, 3.8) is 0 Å². The molecule has 0 unspecified atom stereocenters. The van der Waals surface area contributed by atoms with Crippen LogP contribution in [0.1, 0.15) is 5.56 Å². The van der Waals surface area contributed by atoms with E-state index in [1.165, 1.54) is 15.9 Å². The Balaban J connectivity index is 1.82. The molecule has 25 heavy (non-hydrogen) atoms. The lowest BCUT2D eigenvalue weighted by atomic mass is 10.2. The fourth-order valence-electron chi connectivity index (χ4n) is 2.42. The van der Waals surface area contributed by atoms with Gasteiger partial charge in [0.1, 0.15) is 11.5 Å². The van der Waals surface area contributed by atoms with Crippen LogP contribution in [0, 0.1) is 0 Å². The molecular formula is C17H13N3O3S2. The zero-order chi connectivity index (χ0) is 17.4. The average Bonchev–Trinajstić information content (AvgIpc) is 3.34. The van der Waals surface area contributed by atoms with Gasteiger partial charge in [-0.2, -0.15) is 9.50 Å². The molecule has 0 spiro atoms. The molecule has 0 fully saturated rings. The highest BCUT2D eigenvalue weighted by Crippen LogP contribution is 2.25. The van der Waals surface area contributed by atoms with Gasteiger partial charge in [0.05, 0.1) is 23.6 Å². The van der Waals surface area contributed by atoms with Crippen LogP contribution in [0.25, 0.3) is 21.7 Å². The first kappa shape index (κ1) is 15.8. The quantitative estimate of drug-likeness (QED) is 0.551. The van der Waals surface area contributed by atoms with Crippen LogP contribution in [-0.4, -0.2) is 28.8 Å². The normalized spacial score (nSPS) is 12.0. The minimum atomic E-state index is -0.187. The number of benzene rings is 1. The van der Waals surface area contributed by atoms with Crippen LogP contribution in [0.3, 0.4) is 0 Å². The van der Waals surface area contributed by atoms with E-state index in [0.29, 0.717) is 26.8 Å². The molecule has 0 aliphatic rings. The third-order valence-corrected chi connectivity index (χ3v) is 5.48. The first-order chi connectivity index (χ1) is 12.2. The number of rotatable bonds is 4. The third-order valence-electron chi connectivity index (χ3n) is 3.65. The molecule has 8 heteroatoms. The van der Waals surface area contributed by atoms with Gasteiger partial charge < -0.3 is 9.47 Å². The maximum Gasteiger partial charge on any atom is 0.291 e. The van der Waals surface area contributed by atoms with Crippen LogP contribution in [0.15, 0.2) is 40.5 Å². The minimum Gasteiger partial charge on any atom is -0.497 e. The molecule has 0 N–H and O–H groups in total. The maximum absolute atomic E-state index is 12.6. The summed E-state index contributed by atoms with van der Waals surface area (Å²) in [6.07, 6.45) is 1.78. The Labute approximate surface area is 150 Å². The molecule has 126 valence electrons. The van der Waals surface area contributed by atoms with Gasteiger partial charge in [0, 0.05) is 11.6 Å². The topological polar surface area (TPSA) is 65.7 Å². The summed E-state index contributed by atoms with van der Waals surface area (Å²) in [5.41, 5.74) is 0.608. The molecule has 0 bridgehead atoms. The molecule has 3 aromatic heterocycles. The molecule has 1 aromatic carbocycles. The van der Waals surface area contributed by atoms with Crippen molar-refractivity contribution in [1.29, 1.82) is 0 Å². The van der Waals surface area contributed by atoms with E-state index in [9.17, 15) is 4.79 Å². The summed E-state index contributed by atoms with van der Waals surface area (Å²) in [4.78, 5) is 18.6. The van der Waals surface area contributed by atoms with Crippen LogP contribution in [0.4, 0.5) is 0 Å². The van der Waals surface area contributed by atoms with Crippen LogP contribution < -0.4 is 19.6 Å². The van der Waals surface area contributed by atoms with Crippen LogP contribution in [0.2, 0.25) is 0 Å². The van der Waals surface area contributed by atoms with E-state index in [1.807, 2.05) is 29.6 Å². The first-order valence-corrected chi connectivity index (χ1v) is 9.06. The van der Waals surface area contributed by atoms with E-state index in [2.05, 4.69) is 10.1 Å². The molecule has 0 aliphatic heterocycles. The molecule has 0 saturated carbocycles. The van der Waals surface area contributed by atoms with Crippen molar-refractivity contribution in [2.45, 2.75) is 0 Å². The van der Waals surface area contributed by atoms with E-state index in [4.69, 9.17) is 9.47 Å². The van der Waals surface area contributed by atoms with Crippen molar-refractivity contribution in [3.05, 3.63) is 56.2 Å². The Morgan fingerprint density at radius 1 is 1.20 bits per heavy atom. The number of hydrogen-bond donors (Lipinski definition) is 0. The summed E-state index contributed by atoms with van der Waals surface area (Å²) in [6, 6.07) is 9.32. The molecule has 0 radical (unpaired) electrons. The Morgan fingerprint density at radius 3 is 2.76 bits per heavy atom. The third kappa shape index (κ3) is 2.79. The minimum absolute atomic E-state index is 0.187. The van der Waals surface area contributed by atoms with E-state index >= 15 is 0 Å². The average molecular weight is 371 g/mol. The van der Waals surface area contributed by atoms with E-state index in [1.54, 1.807) is 37.7 Å². The highest BCUT2D eigenvalue weighted by Gasteiger charge is 2.13. The summed E-state index contributed by atoms with van der Waals surface area (Å²) in [7, 11) is 3.18. The molecular weight excluding hydrogens is 358 g/mol. The Kier molecular flexibility index (Phi) is 3.98. The summed E-state index contributed by atoms with van der Waals surface area (Å²) in [5, 5.41) is 6.29. The number of thiophene rings is 1. The second kappa shape index (κ2) is 6.30. The van der Waals surface area contributed by atoms with Crippen molar-refractivity contribution in [3.8, 4) is 22.2 Å². The van der Waals surface area contributed by atoms with Crippen molar-refractivity contribution in [2.24, 2.45) is 0 Å². The number of nitrogens with zero attached hydrogens (tertiary/aromatic N) is 3. The van der Waals surface area contributed by atoms with Crippen LogP contribution >= 0.6 is 22.7 Å². The number of fused-ring (bicyclic) bond motifs is 1. The Bertz CT molecular complexity index is 1150. The number of ether oxygens (including phenoxy) is 2. The van der Waals surface area contributed by atoms with Gasteiger partial charge in [-0.15, -0.1) is 16.4 Å². The summed E-state index contributed by atoms with van der Waals surface area (Å²) < 4.78 is 12.5. The lowest BCUT2D eigenvalue weighted by Crippen LogP contribution is -2.23. The molecule has 3 heterocycles. The first-order valence-electron chi connectivity index (χ1n) is 7.37. The van der Waals surface area contributed by atoms with Crippen molar-refractivity contribution in [2.75, 3.05) is 14.2 Å². The molecule has 0 aliphatic carbocycles. The van der Waals surface area contributed by atoms with Crippen molar-refractivity contribution < 1.29 is 9.47 Å². The summed E-state index contributed by atoms with van der Waals surface area (Å²) in [6.45, 7) is 0. The number of thiazole rings is 1. The smallest absolute Gasteiger partial charge is 0.291 e. The highest BCUT2D eigenvalue weighted by atomic mass is 32.1. The largest absolute Gasteiger partial charge is 0.497 e. The highest BCUT2D eigenvalue weighted by molar-refractivity contribution is 7.15. The van der Waals surface area contributed by atoms with Crippen molar-refractivity contribution >= 4 is 33.7 Å². The molecule has 4 aromatic rings. The number of hydrogen-bond acceptors (Lipinski definition) is 7. The van der Waals surface area contributed by atoms with E-state index < -0.39 is 0 Å². The maximum atomic E-state index is 12.6. The lowest BCUT2D eigenvalue weighted by Gasteiger charge is -2.06. The predicted octanol–water partition coefficient (Wildman–Crippen LogP) is 2.44. The van der Waals surface area contributed by atoms with Gasteiger partial charge in [-0.1, -0.05) is 17.4 Å². The van der Waals surface area contributed by atoms with Crippen LogP contribution in [0.5, 0.6) is 11.5 Å². The molecule has 0 amide bonds. The molecule has 0 saturated heterocycles. The van der Waals surface area contributed by atoms with Gasteiger partial charge >= 0.3 is 0 Å². The molecule has 0 atom stereocenters. The van der Waals surface area contributed by atoms with Gasteiger partial charge in [-0.25, -0.2) is 0 Å². The van der Waals surface area contributed by atoms with Gasteiger partial charge in [0.15, 0.2) is 5.82 Å². The summed E-state index contributed by atoms with van der Waals surface area (Å²) in [5.74, 6) is 1.91. The van der Waals surface area contributed by atoms with Gasteiger partial charge in [0.2, 0.25) is 4.96 Å². The standard InChI is InChI=1S/C17H13N3O3S2/c1-22-11-6-5-10(12(9-11)23-2)8-14-16(21)20-17(25-14)18-15(19-20)13-4-3-7-24-13/h3-9H,1-2H3. The monoisotopic (exact) mass is 371 g/mol. The molecule has 4 rings (SSSR count). The second-order valence-electron chi connectivity index (χ2n) is 5.13. The zero-order valence-electron chi connectivity index (χ0n) is 13.4. The van der Waals surface area contributed by atoms with Crippen LogP contribution in [-0.2, 0) is 0 Å². The Hall–Kier alpha value is -2.71. The second-order valence-corrected chi connectivity index (χ2v) is 7.09. The SMILES string of the molecule is COc1ccc(C=c2sc3nc(-c4cccs4)nn3c2=O)c(OC)c1. The fourth-order valence-corrected chi connectivity index (χ4v) is 3.97. The lowest BCUT2D eigenvalue weighted by molar-refractivity contribution is 0.393. The summed E-state index contributed by atoms with van der Waals surface area (Å²) >= 11 is 2.85. The fraction of sp³-hybridized carbons (Fsp3) is 0.118. The molecule has 6 nitrogen and oxygen atoms in total. The number of aromatic nitrogens is 3. The van der Waals surface area contributed by atoms with E-state index in [-0.39, 0.29) is 5.56 Å². The Morgan fingerprint density at radius 2 is 2.08 bits per heavy atom.